The van der Waals surface area contributed by atoms with Gasteiger partial charge in [0.25, 0.3) is 0 Å². The van der Waals surface area contributed by atoms with Crippen molar-refractivity contribution in [2.45, 2.75) is 32.2 Å². The summed E-state index contributed by atoms with van der Waals surface area (Å²) in [5, 5.41) is 2.81. The van der Waals surface area contributed by atoms with E-state index in [-0.39, 0.29) is 30.5 Å². The minimum Gasteiger partial charge on any atom is -0.406 e. The minimum absolute atomic E-state index is 0.111. The number of carbonyl (C=O) groups excluding carboxylic acids is 1. The zero-order chi connectivity index (χ0) is 16.9. The van der Waals surface area contributed by atoms with E-state index in [4.69, 9.17) is 0 Å². The molecule has 1 fully saturated rings. The second-order valence-electron chi connectivity index (χ2n) is 5.53. The van der Waals surface area contributed by atoms with E-state index in [0.717, 1.165) is 6.54 Å². The number of ether oxygens (including phenoxy) is 1. The van der Waals surface area contributed by atoms with Crippen LogP contribution in [0.15, 0.2) is 24.3 Å². The van der Waals surface area contributed by atoms with Crippen LogP contribution < -0.4 is 20.9 Å². The Labute approximate surface area is 132 Å². The van der Waals surface area contributed by atoms with E-state index in [1.165, 1.54) is 18.2 Å². The van der Waals surface area contributed by atoms with E-state index >= 15 is 0 Å². The third-order valence-electron chi connectivity index (χ3n) is 3.78. The Balaban J connectivity index is 1.82. The highest BCUT2D eigenvalue weighted by Crippen LogP contribution is 2.26. The van der Waals surface area contributed by atoms with E-state index < -0.39 is 6.36 Å². The number of hydrogen-bond acceptors (Lipinski definition) is 4. The molecule has 2 rings (SSSR count). The van der Waals surface area contributed by atoms with Gasteiger partial charge in [-0.15, -0.1) is 13.2 Å². The summed E-state index contributed by atoms with van der Waals surface area (Å²) >= 11 is 0. The number of alkyl halides is 3. The van der Waals surface area contributed by atoms with Crippen LogP contribution in [0.1, 0.15) is 18.9 Å². The molecule has 1 saturated heterocycles. The number of rotatable bonds is 6. The van der Waals surface area contributed by atoms with Gasteiger partial charge in [-0.1, -0.05) is 18.2 Å². The molecule has 1 aromatic carbocycles. The fourth-order valence-corrected chi connectivity index (χ4v) is 2.41. The molecular weight excluding hydrogens is 311 g/mol. The van der Waals surface area contributed by atoms with Gasteiger partial charge >= 0.3 is 6.36 Å². The summed E-state index contributed by atoms with van der Waals surface area (Å²) in [5.74, 6) is -0.156. The molecular formula is C15H20F3N3O2. The molecule has 23 heavy (non-hydrogen) atoms. The highest BCUT2D eigenvalue weighted by molar-refractivity contribution is 5.76. The van der Waals surface area contributed by atoms with Crippen molar-refractivity contribution in [3.8, 4) is 5.75 Å². The minimum atomic E-state index is -4.74. The Morgan fingerprint density at radius 2 is 2.13 bits per heavy atom. The van der Waals surface area contributed by atoms with E-state index in [2.05, 4.69) is 20.9 Å². The Morgan fingerprint density at radius 3 is 2.78 bits per heavy atom. The Morgan fingerprint density at radius 1 is 1.39 bits per heavy atom. The van der Waals surface area contributed by atoms with Crippen LogP contribution in [0, 0.1) is 5.92 Å². The van der Waals surface area contributed by atoms with E-state index in [1.807, 2.05) is 6.92 Å². The summed E-state index contributed by atoms with van der Waals surface area (Å²) in [7, 11) is 0. The highest BCUT2D eigenvalue weighted by Gasteiger charge is 2.32. The van der Waals surface area contributed by atoms with Crippen LogP contribution in [0.3, 0.4) is 0 Å². The van der Waals surface area contributed by atoms with Gasteiger partial charge in [0.2, 0.25) is 5.91 Å². The number of carbonyl (C=O) groups is 1. The lowest BCUT2D eigenvalue weighted by Crippen LogP contribution is -2.35. The topological polar surface area (TPSA) is 62.4 Å². The molecule has 1 aromatic rings. The van der Waals surface area contributed by atoms with Gasteiger partial charge in [0, 0.05) is 31.5 Å². The Kier molecular flexibility index (Phi) is 5.84. The molecule has 1 heterocycles. The van der Waals surface area contributed by atoms with Gasteiger partial charge in [-0.2, -0.15) is 0 Å². The zero-order valence-corrected chi connectivity index (χ0v) is 12.7. The van der Waals surface area contributed by atoms with Gasteiger partial charge in [0.15, 0.2) is 0 Å². The van der Waals surface area contributed by atoms with Crippen LogP contribution >= 0.6 is 0 Å². The molecule has 0 bridgehead atoms. The lowest BCUT2D eigenvalue weighted by Gasteiger charge is -2.15. The van der Waals surface area contributed by atoms with Crippen molar-refractivity contribution < 1.29 is 22.7 Å². The highest BCUT2D eigenvalue weighted by atomic mass is 19.4. The van der Waals surface area contributed by atoms with Gasteiger partial charge in [-0.05, 0) is 25.0 Å². The standard InChI is InChI=1S/C15H20F3N3O2/c1-10-12(9-20-21-10)8-19-14(22)7-6-11-4-2-3-5-13(11)23-15(16,17)18/h2-5,10,12,20-21H,6-9H2,1H3,(H,19,22). The molecule has 1 amide bonds. The van der Waals surface area contributed by atoms with Crippen molar-refractivity contribution in [1.82, 2.24) is 16.2 Å². The van der Waals surface area contributed by atoms with Crippen LogP contribution in [-0.2, 0) is 11.2 Å². The van der Waals surface area contributed by atoms with Crippen LogP contribution in [0.4, 0.5) is 13.2 Å². The number of para-hydroxylation sites is 1. The summed E-state index contributed by atoms with van der Waals surface area (Å²) in [6.07, 6.45) is -4.44. The van der Waals surface area contributed by atoms with Gasteiger partial charge < -0.3 is 10.1 Å². The quantitative estimate of drug-likeness (QED) is 0.743. The molecule has 8 heteroatoms. The molecule has 1 aliphatic rings. The first-order valence-electron chi connectivity index (χ1n) is 7.44. The largest absolute Gasteiger partial charge is 0.573 e. The molecule has 3 N–H and O–H groups in total. The first-order chi connectivity index (χ1) is 10.8. The van der Waals surface area contributed by atoms with Crippen LogP contribution in [0.5, 0.6) is 5.75 Å². The maximum Gasteiger partial charge on any atom is 0.573 e. The smallest absolute Gasteiger partial charge is 0.406 e. The molecule has 2 atom stereocenters. The predicted octanol–water partition coefficient (Wildman–Crippen LogP) is 1.75. The van der Waals surface area contributed by atoms with Crippen molar-refractivity contribution in [3.63, 3.8) is 0 Å². The van der Waals surface area contributed by atoms with Crippen molar-refractivity contribution in [1.29, 1.82) is 0 Å². The fraction of sp³-hybridized carbons (Fsp3) is 0.533. The van der Waals surface area contributed by atoms with Crippen molar-refractivity contribution in [2.24, 2.45) is 5.92 Å². The van der Waals surface area contributed by atoms with Gasteiger partial charge in [-0.25, -0.2) is 0 Å². The first kappa shape index (κ1) is 17.6. The molecule has 0 spiro atoms. The first-order valence-corrected chi connectivity index (χ1v) is 7.44. The third-order valence-corrected chi connectivity index (χ3v) is 3.78. The third kappa shape index (κ3) is 5.72. The summed E-state index contributed by atoms with van der Waals surface area (Å²) in [4.78, 5) is 11.9. The van der Waals surface area contributed by atoms with E-state index in [1.54, 1.807) is 6.07 Å². The molecule has 5 nitrogen and oxygen atoms in total. The lowest BCUT2D eigenvalue weighted by molar-refractivity contribution is -0.274. The van der Waals surface area contributed by atoms with Crippen molar-refractivity contribution in [3.05, 3.63) is 29.8 Å². The van der Waals surface area contributed by atoms with Crippen molar-refractivity contribution in [2.75, 3.05) is 13.1 Å². The molecule has 2 unspecified atom stereocenters. The number of hydrogen-bond donors (Lipinski definition) is 3. The number of halogens is 3. The maximum atomic E-state index is 12.3. The average molecular weight is 331 g/mol. The monoisotopic (exact) mass is 331 g/mol. The van der Waals surface area contributed by atoms with Crippen LogP contribution in [0.2, 0.25) is 0 Å². The van der Waals surface area contributed by atoms with Crippen LogP contribution in [0.25, 0.3) is 0 Å². The lowest BCUT2D eigenvalue weighted by atomic mass is 10.0. The summed E-state index contributed by atoms with van der Waals surface area (Å²) in [6, 6.07) is 6.12. The normalized spacial score (nSPS) is 21.2. The SMILES string of the molecule is CC1NNCC1CNC(=O)CCc1ccccc1OC(F)(F)F. The predicted molar refractivity (Wildman–Crippen MR) is 78.5 cm³/mol. The van der Waals surface area contributed by atoms with Gasteiger partial charge in [0.1, 0.15) is 5.75 Å². The maximum absolute atomic E-state index is 12.3. The van der Waals surface area contributed by atoms with Crippen LogP contribution in [-0.4, -0.2) is 31.4 Å². The Bertz CT molecular complexity index is 537. The van der Waals surface area contributed by atoms with E-state index in [9.17, 15) is 18.0 Å². The average Bonchev–Trinajstić information content (AvgIpc) is 2.88. The fourth-order valence-electron chi connectivity index (χ4n) is 2.41. The molecule has 1 aliphatic heterocycles. The van der Waals surface area contributed by atoms with E-state index in [0.29, 0.717) is 18.0 Å². The zero-order valence-electron chi connectivity index (χ0n) is 12.7. The molecule has 0 saturated carbocycles. The number of aryl methyl sites for hydroxylation is 1. The number of amides is 1. The molecule has 0 aliphatic carbocycles. The number of nitrogens with one attached hydrogen (secondary N) is 3. The summed E-state index contributed by atoms with van der Waals surface area (Å²) in [5.41, 5.74) is 6.42. The molecule has 128 valence electrons. The molecule has 0 radical (unpaired) electrons. The summed E-state index contributed by atoms with van der Waals surface area (Å²) in [6.45, 7) is 3.31. The Hall–Kier alpha value is -1.80. The van der Waals surface area contributed by atoms with Gasteiger partial charge in [-0.3, -0.25) is 15.6 Å². The van der Waals surface area contributed by atoms with Gasteiger partial charge in [0.05, 0.1) is 0 Å². The number of benzene rings is 1. The molecule has 0 aromatic heterocycles. The number of hydrazine groups is 1. The van der Waals surface area contributed by atoms with Crippen molar-refractivity contribution >= 4 is 5.91 Å². The second kappa shape index (κ2) is 7.65. The second-order valence-corrected chi connectivity index (χ2v) is 5.53. The summed E-state index contributed by atoms with van der Waals surface area (Å²) < 4.78 is 41.0.